The third-order valence-corrected chi connectivity index (χ3v) is 5.76. The lowest BCUT2D eigenvalue weighted by Gasteiger charge is -2.17. The molecule has 144 valence electrons. The highest BCUT2D eigenvalue weighted by Gasteiger charge is 2.24. The van der Waals surface area contributed by atoms with E-state index in [0.717, 1.165) is 31.6 Å². The van der Waals surface area contributed by atoms with Gasteiger partial charge in [0.05, 0.1) is 5.56 Å². The number of carbonyl (C=O) groups excluding carboxylic acids is 1. The van der Waals surface area contributed by atoms with Crippen molar-refractivity contribution in [1.29, 1.82) is 0 Å². The van der Waals surface area contributed by atoms with Crippen molar-refractivity contribution in [1.82, 2.24) is 5.32 Å². The molecule has 2 N–H and O–H groups in total. The fourth-order valence-electron chi connectivity index (χ4n) is 3.57. The summed E-state index contributed by atoms with van der Waals surface area (Å²) in [6.45, 7) is 0. The first-order chi connectivity index (χ1) is 14.0. The normalized spacial score (nSPS) is 12.0. The van der Waals surface area contributed by atoms with Crippen molar-refractivity contribution in [2.75, 3.05) is 0 Å². The molecule has 0 spiro atoms. The first-order valence-corrected chi connectivity index (χ1v) is 10.0. The van der Waals surface area contributed by atoms with Crippen LogP contribution < -0.4 is 5.32 Å². The number of carboxylic acid groups (broad SMARTS) is 1. The number of halogens is 1. The number of benzene rings is 4. The summed E-state index contributed by atoms with van der Waals surface area (Å²) in [6, 6.07) is 23.7. The summed E-state index contributed by atoms with van der Waals surface area (Å²) in [5.41, 5.74) is 1.32. The van der Waals surface area contributed by atoms with E-state index in [1.54, 1.807) is 0 Å². The third-order valence-electron chi connectivity index (χ3n) is 4.98. The Kier molecular flexibility index (Phi) is 5.32. The fraction of sp³-hybridized carbons (Fsp3) is 0.0833. The molecule has 1 atom stereocenters. The number of aliphatic carboxylic acids is 1. The summed E-state index contributed by atoms with van der Waals surface area (Å²) in [5, 5.41) is 15.9. The second-order valence-corrected chi connectivity index (χ2v) is 7.71. The standard InChI is InChI=1S/C24H18BrNO3/c25-20-12-6-3-9-17(20)14-21(24(28)29)26-23(27)22-18-10-4-1-7-15(18)13-16-8-2-5-11-19(16)22/h1-13,21H,14H2,(H,26,27)(H,28,29)/t21-/m1/s1. The number of hydrogen-bond donors (Lipinski definition) is 2. The van der Waals surface area contributed by atoms with Gasteiger partial charge in [0, 0.05) is 10.9 Å². The van der Waals surface area contributed by atoms with E-state index >= 15 is 0 Å². The Bertz CT molecular complexity index is 1180. The lowest BCUT2D eigenvalue weighted by molar-refractivity contribution is -0.139. The molecule has 0 saturated heterocycles. The minimum absolute atomic E-state index is 0.186. The third kappa shape index (κ3) is 3.87. The SMILES string of the molecule is O=C(N[C@H](Cc1ccccc1Br)C(=O)O)c1c2ccccc2cc2ccccc12. The number of carbonyl (C=O) groups is 2. The summed E-state index contributed by atoms with van der Waals surface area (Å²) in [5.74, 6) is -1.46. The molecule has 4 rings (SSSR count). The smallest absolute Gasteiger partial charge is 0.326 e. The Balaban J connectivity index is 1.75. The largest absolute Gasteiger partial charge is 0.480 e. The van der Waals surface area contributed by atoms with E-state index in [9.17, 15) is 14.7 Å². The molecule has 0 saturated carbocycles. The van der Waals surface area contributed by atoms with E-state index in [1.165, 1.54) is 0 Å². The molecule has 0 aliphatic carbocycles. The Hall–Kier alpha value is -3.18. The van der Waals surface area contributed by atoms with Crippen LogP contribution in [0, 0.1) is 0 Å². The van der Waals surface area contributed by atoms with Crippen LogP contribution in [0.3, 0.4) is 0 Å². The minimum Gasteiger partial charge on any atom is -0.480 e. The van der Waals surface area contributed by atoms with E-state index in [2.05, 4.69) is 21.2 Å². The van der Waals surface area contributed by atoms with Gasteiger partial charge in [-0.25, -0.2) is 4.79 Å². The van der Waals surface area contributed by atoms with Crippen LogP contribution in [0.1, 0.15) is 15.9 Å². The van der Waals surface area contributed by atoms with Gasteiger partial charge in [-0.2, -0.15) is 0 Å². The molecule has 4 aromatic carbocycles. The first kappa shape index (κ1) is 19.2. The molecule has 0 aliphatic rings. The Labute approximate surface area is 176 Å². The van der Waals surface area contributed by atoms with Crippen LogP contribution in [0.2, 0.25) is 0 Å². The highest BCUT2D eigenvalue weighted by Crippen LogP contribution is 2.28. The topological polar surface area (TPSA) is 66.4 Å². The molecule has 0 aromatic heterocycles. The van der Waals surface area contributed by atoms with Crippen LogP contribution in [0.4, 0.5) is 0 Å². The second-order valence-electron chi connectivity index (χ2n) is 6.85. The van der Waals surface area contributed by atoms with Crippen molar-refractivity contribution in [2.24, 2.45) is 0 Å². The lowest BCUT2D eigenvalue weighted by Crippen LogP contribution is -2.42. The summed E-state index contributed by atoms with van der Waals surface area (Å²) >= 11 is 3.44. The Morgan fingerprint density at radius 2 is 1.41 bits per heavy atom. The number of amides is 1. The van der Waals surface area contributed by atoms with Gasteiger partial charge in [-0.05, 0) is 39.2 Å². The van der Waals surface area contributed by atoms with Crippen LogP contribution in [0.25, 0.3) is 21.5 Å². The van der Waals surface area contributed by atoms with E-state index in [-0.39, 0.29) is 6.42 Å². The van der Waals surface area contributed by atoms with Crippen LogP contribution in [0.15, 0.2) is 83.3 Å². The predicted octanol–water partition coefficient (Wildman–Crippen LogP) is 5.18. The van der Waals surface area contributed by atoms with Gasteiger partial charge >= 0.3 is 5.97 Å². The van der Waals surface area contributed by atoms with Gasteiger partial charge in [0.25, 0.3) is 5.91 Å². The molecule has 0 unspecified atom stereocenters. The highest BCUT2D eigenvalue weighted by molar-refractivity contribution is 9.10. The summed E-state index contributed by atoms with van der Waals surface area (Å²) in [4.78, 5) is 25.2. The van der Waals surface area contributed by atoms with E-state index in [1.807, 2.05) is 78.9 Å². The predicted molar refractivity (Wildman–Crippen MR) is 118 cm³/mol. The van der Waals surface area contributed by atoms with Crippen molar-refractivity contribution in [3.63, 3.8) is 0 Å². The van der Waals surface area contributed by atoms with E-state index < -0.39 is 17.9 Å². The average Bonchev–Trinajstić information content (AvgIpc) is 2.72. The molecule has 0 radical (unpaired) electrons. The molecule has 0 heterocycles. The highest BCUT2D eigenvalue weighted by atomic mass is 79.9. The van der Waals surface area contributed by atoms with Crippen molar-refractivity contribution >= 4 is 49.4 Å². The number of nitrogens with one attached hydrogen (secondary N) is 1. The van der Waals surface area contributed by atoms with Crippen LogP contribution >= 0.6 is 15.9 Å². The Morgan fingerprint density at radius 1 is 0.862 bits per heavy atom. The van der Waals surface area contributed by atoms with Gasteiger partial charge in [0.1, 0.15) is 6.04 Å². The van der Waals surface area contributed by atoms with Gasteiger partial charge in [-0.3, -0.25) is 4.79 Å². The van der Waals surface area contributed by atoms with Gasteiger partial charge in [-0.1, -0.05) is 82.7 Å². The summed E-state index contributed by atoms with van der Waals surface area (Å²) in [6.07, 6.45) is 0.186. The average molecular weight is 448 g/mol. The van der Waals surface area contributed by atoms with Gasteiger partial charge in [0.15, 0.2) is 0 Å². The molecule has 4 nitrogen and oxygen atoms in total. The van der Waals surface area contributed by atoms with E-state index in [4.69, 9.17) is 0 Å². The molecule has 4 aromatic rings. The molecule has 0 bridgehead atoms. The monoisotopic (exact) mass is 447 g/mol. The lowest BCUT2D eigenvalue weighted by atomic mass is 9.96. The molecular formula is C24H18BrNO3. The van der Waals surface area contributed by atoms with E-state index in [0.29, 0.717) is 5.56 Å². The second kappa shape index (κ2) is 8.05. The quantitative estimate of drug-likeness (QED) is 0.414. The van der Waals surface area contributed by atoms with Crippen molar-refractivity contribution < 1.29 is 14.7 Å². The maximum Gasteiger partial charge on any atom is 0.326 e. The molecule has 5 heteroatoms. The first-order valence-electron chi connectivity index (χ1n) is 9.22. The summed E-state index contributed by atoms with van der Waals surface area (Å²) < 4.78 is 0.816. The maximum absolute atomic E-state index is 13.3. The molecule has 0 aliphatic heterocycles. The number of fused-ring (bicyclic) bond motifs is 2. The molecule has 0 fully saturated rings. The molecular weight excluding hydrogens is 430 g/mol. The van der Waals surface area contributed by atoms with Crippen molar-refractivity contribution in [3.8, 4) is 0 Å². The van der Waals surface area contributed by atoms with Gasteiger partial charge < -0.3 is 10.4 Å². The van der Waals surface area contributed by atoms with Crippen LogP contribution in [-0.4, -0.2) is 23.0 Å². The minimum atomic E-state index is -1.07. The number of carboxylic acids is 1. The fourth-order valence-corrected chi connectivity index (χ4v) is 4.02. The van der Waals surface area contributed by atoms with Crippen molar-refractivity contribution in [3.05, 3.63) is 94.5 Å². The summed E-state index contributed by atoms with van der Waals surface area (Å²) in [7, 11) is 0. The zero-order valence-corrected chi connectivity index (χ0v) is 17.0. The Morgan fingerprint density at radius 3 is 2.00 bits per heavy atom. The zero-order valence-electron chi connectivity index (χ0n) is 15.4. The van der Waals surface area contributed by atoms with Crippen molar-refractivity contribution in [2.45, 2.75) is 12.5 Å². The molecule has 1 amide bonds. The number of hydrogen-bond acceptors (Lipinski definition) is 2. The van der Waals surface area contributed by atoms with Gasteiger partial charge in [0.2, 0.25) is 0 Å². The van der Waals surface area contributed by atoms with Gasteiger partial charge in [-0.15, -0.1) is 0 Å². The molecule has 29 heavy (non-hydrogen) atoms. The zero-order chi connectivity index (χ0) is 20.4. The van der Waals surface area contributed by atoms with Crippen LogP contribution in [-0.2, 0) is 11.2 Å². The maximum atomic E-state index is 13.3. The van der Waals surface area contributed by atoms with Crippen LogP contribution in [0.5, 0.6) is 0 Å². The number of rotatable bonds is 5.